The van der Waals surface area contributed by atoms with Crippen LogP contribution in [0, 0.1) is 12.7 Å². The molecule has 1 atom stereocenters. The van der Waals surface area contributed by atoms with E-state index >= 15 is 0 Å². The zero-order chi connectivity index (χ0) is 15.4. The third kappa shape index (κ3) is 3.55. The first-order chi connectivity index (χ1) is 10.1. The summed E-state index contributed by atoms with van der Waals surface area (Å²) in [6.45, 7) is 4.74. The molecule has 0 heterocycles. The van der Waals surface area contributed by atoms with Gasteiger partial charge < -0.3 is 10.1 Å². The molecule has 1 N–H and O–H groups in total. The number of rotatable bonds is 5. The van der Waals surface area contributed by atoms with E-state index in [4.69, 9.17) is 16.3 Å². The molecule has 0 saturated carbocycles. The van der Waals surface area contributed by atoms with Crippen LogP contribution < -0.4 is 10.1 Å². The van der Waals surface area contributed by atoms with Gasteiger partial charge in [0, 0.05) is 5.02 Å². The highest BCUT2D eigenvalue weighted by atomic mass is 35.5. The van der Waals surface area contributed by atoms with Gasteiger partial charge in [0.2, 0.25) is 0 Å². The van der Waals surface area contributed by atoms with Gasteiger partial charge in [-0.25, -0.2) is 4.39 Å². The van der Waals surface area contributed by atoms with Crippen LogP contribution in [0.3, 0.4) is 0 Å². The molecule has 21 heavy (non-hydrogen) atoms. The Labute approximate surface area is 129 Å². The van der Waals surface area contributed by atoms with Gasteiger partial charge in [0.15, 0.2) is 11.6 Å². The fraction of sp³-hybridized carbons (Fsp3) is 0.294. The van der Waals surface area contributed by atoms with Crippen LogP contribution in [-0.4, -0.2) is 13.7 Å². The number of ether oxygens (including phenoxy) is 1. The minimum absolute atomic E-state index is 0.103. The number of aryl methyl sites for hydroxylation is 1. The predicted molar refractivity (Wildman–Crippen MR) is 84.7 cm³/mol. The minimum atomic E-state index is -0.365. The fourth-order valence-electron chi connectivity index (χ4n) is 2.28. The molecule has 0 aliphatic carbocycles. The number of hydrogen-bond donors (Lipinski definition) is 1. The Bertz CT molecular complexity index is 630. The van der Waals surface area contributed by atoms with E-state index < -0.39 is 0 Å². The number of methoxy groups -OCH3 is 1. The molecule has 0 fully saturated rings. The molecule has 0 saturated heterocycles. The van der Waals surface area contributed by atoms with Crippen LogP contribution in [-0.2, 0) is 0 Å². The number of halogens is 2. The second-order valence-electron chi connectivity index (χ2n) is 4.89. The average Bonchev–Trinajstić information content (AvgIpc) is 2.48. The molecule has 0 amide bonds. The molecule has 1 unspecified atom stereocenters. The van der Waals surface area contributed by atoms with Crippen molar-refractivity contribution in [3.63, 3.8) is 0 Å². The Kier molecular flexibility index (Phi) is 5.21. The highest BCUT2D eigenvalue weighted by Gasteiger charge is 2.16. The van der Waals surface area contributed by atoms with E-state index in [1.165, 1.54) is 13.2 Å². The van der Waals surface area contributed by atoms with Crippen molar-refractivity contribution in [1.29, 1.82) is 0 Å². The SMILES string of the molecule is CCNC(c1ccc(OC)c(F)c1)c1ccc(C)c(Cl)c1. The smallest absolute Gasteiger partial charge is 0.165 e. The summed E-state index contributed by atoms with van der Waals surface area (Å²) >= 11 is 6.20. The largest absolute Gasteiger partial charge is 0.494 e. The van der Waals surface area contributed by atoms with Crippen molar-refractivity contribution < 1.29 is 9.13 Å². The predicted octanol–water partition coefficient (Wildman–Crippen LogP) is 4.50. The van der Waals surface area contributed by atoms with Crippen LogP contribution in [0.15, 0.2) is 36.4 Å². The molecule has 4 heteroatoms. The van der Waals surface area contributed by atoms with E-state index in [-0.39, 0.29) is 17.6 Å². The monoisotopic (exact) mass is 307 g/mol. The third-order valence-electron chi connectivity index (χ3n) is 3.45. The molecule has 0 radical (unpaired) electrons. The van der Waals surface area contributed by atoms with Crippen molar-refractivity contribution in [2.24, 2.45) is 0 Å². The van der Waals surface area contributed by atoms with Crippen molar-refractivity contribution in [3.8, 4) is 5.75 Å². The van der Waals surface area contributed by atoms with Gasteiger partial charge in [0.05, 0.1) is 13.2 Å². The van der Waals surface area contributed by atoms with Crippen LogP contribution in [0.25, 0.3) is 0 Å². The maximum absolute atomic E-state index is 13.9. The summed E-state index contributed by atoms with van der Waals surface area (Å²) in [5, 5.41) is 4.07. The van der Waals surface area contributed by atoms with E-state index in [1.54, 1.807) is 6.07 Å². The molecular formula is C17H19ClFNO. The summed E-state index contributed by atoms with van der Waals surface area (Å²) in [5.41, 5.74) is 2.88. The van der Waals surface area contributed by atoms with Gasteiger partial charge >= 0.3 is 0 Å². The van der Waals surface area contributed by atoms with Crippen molar-refractivity contribution in [2.75, 3.05) is 13.7 Å². The molecule has 2 rings (SSSR count). The Hall–Kier alpha value is -1.58. The van der Waals surface area contributed by atoms with Gasteiger partial charge in [0.1, 0.15) is 0 Å². The van der Waals surface area contributed by atoms with Crippen LogP contribution in [0.2, 0.25) is 5.02 Å². The standard InChI is InChI=1S/C17H19ClFNO/c1-4-20-17(12-6-5-11(2)14(18)9-12)13-7-8-16(21-3)15(19)10-13/h5-10,17,20H,4H2,1-3H3. The zero-order valence-corrected chi connectivity index (χ0v) is 13.2. The summed E-state index contributed by atoms with van der Waals surface area (Å²) < 4.78 is 18.9. The van der Waals surface area contributed by atoms with E-state index in [1.807, 2.05) is 38.1 Å². The van der Waals surface area contributed by atoms with E-state index in [0.717, 1.165) is 23.2 Å². The Balaban J connectivity index is 2.42. The van der Waals surface area contributed by atoms with E-state index in [2.05, 4.69) is 5.32 Å². The lowest BCUT2D eigenvalue weighted by Crippen LogP contribution is -2.22. The molecule has 112 valence electrons. The quantitative estimate of drug-likeness (QED) is 0.878. The first kappa shape index (κ1) is 15.8. The number of benzene rings is 2. The van der Waals surface area contributed by atoms with Crippen LogP contribution >= 0.6 is 11.6 Å². The summed E-state index contributed by atoms with van der Waals surface area (Å²) in [5.74, 6) is -0.118. The van der Waals surface area contributed by atoms with Gasteiger partial charge in [0.25, 0.3) is 0 Å². The molecular weight excluding hydrogens is 289 g/mol. The Morgan fingerprint density at radius 2 is 1.86 bits per heavy atom. The van der Waals surface area contributed by atoms with Crippen LogP contribution in [0.1, 0.15) is 29.7 Å². The van der Waals surface area contributed by atoms with Crippen LogP contribution in [0.5, 0.6) is 5.75 Å². The van der Waals surface area contributed by atoms with Gasteiger partial charge in [-0.1, -0.05) is 36.7 Å². The maximum atomic E-state index is 13.9. The normalized spacial score (nSPS) is 12.2. The van der Waals surface area contributed by atoms with E-state index in [9.17, 15) is 4.39 Å². The molecule has 0 spiro atoms. The molecule has 2 aromatic carbocycles. The van der Waals surface area contributed by atoms with Crippen molar-refractivity contribution in [3.05, 3.63) is 63.9 Å². The highest BCUT2D eigenvalue weighted by Crippen LogP contribution is 2.28. The van der Waals surface area contributed by atoms with Crippen molar-refractivity contribution in [1.82, 2.24) is 5.32 Å². The second kappa shape index (κ2) is 6.92. The lowest BCUT2D eigenvalue weighted by atomic mass is 9.97. The lowest BCUT2D eigenvalue weighted by molar-refractivity contribution is 0.385. The van der Waals surface area contributed by atoms with E-state index in [0.29, 0.717) is 5.02 Å². The maximum Gasteiger partial charge on any atom is 0.165 e. The Morgan fingerprint density at radius 3 is 2.43 bits per heavy atom. The summed E-state index contributed by atoms with van der Waals surface area (Å²) in [7, 11) is 1.46. The van der Waals surface area contributed by atoms with Crippen LogP contribution in [0.4, 0.5) is 4.39 Å². The summed E-state index contributed by atoms with van der Waals surface area (Å²) in [4.78, 5) is 0. The summed E-state index contributed by atoms with van der Waals surface area (Å²) in [6.07, 6.45) is 0. The topological polar surface area (TPSA) is 21.3 Å². The first-order valence-electron chi connectivity index (χ1n) is 6.89. The highest BCUT2D eigenvalue weighted by molar-refractivity contribution is 6.31. The number of hydrogen-bond acceptors (Lipinski definition) is 2. The minimum Gasteiger partial charge on any atom is -0.494 e. The van der Waals surface area contributed by atoms with Gasteiger partial charge in [-0.2, -0.15) is 0 Å². The van der Waals surface area contributed by atoms with Gasteiger partial charge in [-0.15, -0.1) is 0 Å². The van der Waals surface area contributed by atoms with Crippen molar-refractivity contribution >= 4 is 11.6 Å². The Morgan fingerprint density at radius 1 is 1.19 bits per heavy atom. The molecule has 2 aromatic rings. The third-order valence-corrected chi connectivity index (χ3v) is 3.85. The fourth-order valence-corrected chi connectivity index (χ4v) is 2.47. The van der Waals surface area contributed by atoms with Crippen molar-refractivity contribution in [2.45, 2.75) is 19.9 Å². The van der Waals surface area contributed by atoms with Gasteiger partial charge in [-0.3, -0.25) is 0 Å². The molecule has 0 aromatic heterocycles. The number of nitrogens with one attached hydrogen (secondary N) is 1. The zero-order valence-electron chi connectivity index (χ0n) is 12.4. The summed E-state index contributed by atoms with van der Waals surface area (Å²) in [6, 6.07) is 10.8. The molecule has 0 aliphatic rings. The second-order valence-corrected chi connectivity index (χ2v) is 5.30. The lowest BCUT2D eigenvalue weighted by Gasteiger charge is -2.20. The van der Waals surface area contributed by atoms with Gasteiger partial charge in [-0.05, 0) is 48.4 Å². The molecule has 2 nitrogen and oxygen atoms in total. The average molecular weight is 308 g/mol. The molecule has 0 bridgehead atoms. The molecule has 0 aliphatic heterocycles. The first-order valence-corrected chi connectivity index (χ1v) is 7.27.